The molecule has 1 aliphatic heterocycles. The number of carbonyl (C=O) groups is 1. The highest BCUT2D eigenvalue weighted by Crippen LogP contribution is 2.35. The van der Waals surface area contributed by atoms with Gasteiger partial charge in [0.1, 0.15) is 18.3 Å². The zero-order valence-electron chi connectivity index (χ0n) is 18.6. The summed E-state index contributed by atoms with van der Waals surface area (Å²) in [5.74, 6) is 2.40. The van der Waals surface area contributed by atoms with Crippen molar-refractivity contribution in [1.82, 2.24) is 5.32 Å². The van der Waals surface area contributed by atoms with Gasteiger partial charge in [0, 0.05) is 24.0 Å². The SMILES string of the molecule is CCC(=O)N[C@H](C)[C@H]1c2cc(OC)c(OC)cc2CC[NH+]1Cc1ccc(OC)cc1. The van der Waals surface area contributed by atoms with Gasteiger partial charge >= 0.3 is 0 Å². The predicted octanol–water partition coefficient (Wildman–Crippen LogP) is 2.31. The van der Waals surface area contributed by atoms with E-state index in [0.717, 1.165) is 36.8 Å². The Labute approximate surface area is 179 Å². The van der Waals surface area contributed by atoms with Gasteiger partial charge in [-0.25, -0.2) is 0 Å². The maximum absolute atomic E-state index is 12.2. The third-order valence-electron chi connectivity index (χ3n) is 5.94. The number of methoxy groups -OCH3 is 3. The van der Waals surface area contributed by atoms with Gasteiger partial charge in [0.25, 0.3) is 0 Å². The molecule has 0 saturated heterocycles. The van der Waals surface area contributed by atoms with Gasteiger partial charge in [-0.3, -0.25) is 4.79 Å². The molecule has 1 aliphatic rings. The lowest BCUT2D eigenvalue weighted by molar-refractivity contribution is -0.948. The van der Waals surface area contributed by atoms with E-state index in [9.17, 15) is 4.79 Å². The van der Waals surface area contributed by atoms with E-state index in [1.807, 2.05) is 19.1 Å². The summed E-state index contributed by atoms with van der Waals surface area (Å²) in [5.41, 5.74) is 3.72. The van der Waals surface area contributed by atoms with Gasteiger partial charge in [-0.1, -0.05) is 6.92 Å². The van der Waals surface area contributed by atoms with Crippen LogP contribution < -0.4 is 24.4 Å². The zero-order chi connectivity index (χ0) is 21.7. The van der Waals surface area contributed by atoms with Crippen LogP contribution in [0.4, 0.5) is 0 Å². The standard InChI is InChI=1S/C24H32N2O4/c1-6-23(27)25-16(2)24-20-14-22(30-5)21(29-4)13-18(20)11-12-26(24)15-17-7-9-19(28-3)10-8-17/h7-10,13-14,16,24H,6,11-12,15H2,1-5H3,(H,25,27)/p+1/t16-,24+/m1/s1. The Hall–Kier alpha value is -2.73. The van der Waals surface area contributed by atoms with Gasteiger partial charge < -0.3 is 24.4 Å². The Morgan fingerprint density at radius 1 is 1.10 bits per heavy atom. The second-order valence-electron chi connectivity index (χ2n) is 7.78. The smallest absolute Gasteiger partial charge is 0.220 e. The van der Waals surface area contributed by atoms with Crippen LogP contribution in [0.5, 0.6) is 17.2 Å². The Morgan fingerprint density at radius 3 is 2.37 bits per heavy atom. The molecule has 0 fully saturated rings. The lowest BCUT2D eigenvalue weighted by atomic mass is 9.87. The molecule has 0 bridgehead atoms. The van der Waals surface area contributed by atoms with Crippen LogP contribution in [-0.2, 0) is 17.8 Å². The van der Waals surface area contributed by atoms with Crippen molar-refractivity contribution < 1.29 is 23.9 Å². The van der Waals surface area contributed by atoms with Crippen molar-refractivity contribution in [3.63, 3.8) is 0 Å². The second-order valence-corrected chi connectivity index (χ2v) is 7.78. The molecule has 0 spiro atoms. The van der Waals surface area contributed by atoms with Crippen LogP contribution in [0, 0.1) is 0 Å². The molecule has 3 rings (SSSR count). The van der Waals surface area contributed by atoms with E-state index in [4.69, 9.17) is 14.2 Å². The zero-order valence-corrected chi connectivity index (χ0v) is 18.6. The van der Waals surface area contributed by atoms with E-state index >= 15 is 0 Å². The minimum absolute atomic E-state index is 0.0113. The Bertz CT molecular complexity index is 866. The molecular formula is C24H33N2O4+. The van der Waals surface area contributed by atoms with Crippen molar-refractivity contribution >= 4 is 5.91 Å². The summed E-state index contributed by atoms with van der Waals surface area (Å²) in [7, 11) is 5.00. The largest absolute Gasteiger partial charge is 0.497 e. The van der Waals surface area contributed by atoms with E-state index in [-0.39, 0.29) is 18.0 Å². The number of carbonyl (C=O) groups excluding carboxylic acids is 1. The van der Waals surface area contributed by atoms with Crippen molar-refractivity contribution in [2.75, 3.05) is 27.9 Å². The van der Waals surface area contributed by atoms with Crippen LogP contribution in [0.3, 0.4) is 0 Å². The fourth-order valence-corrected chi connectivity index (χ4v) is 4.38. The number of ether oxygens (including phenoxy) is 3. The minimum Gasteiger partial charge on any atom is -0.497 e. The number of nitrogens with one attached hydrogen (secondary N) is 2. The van der Waals surface area contributed by atoms with E-state index in [2.05, 4.69) is 36.5 Å². The fraction of sp³-hybridized carbons (Fsp3) is 0.458. The second kappa shape index (κ2) is 9.85. The Balaban J connectivity index is 1.96. The first-order chi connectivity index (χ1) is 14.5. The topological polar surface area (TPSA) is 61.2 Å². The van der Waals surface area contributed by atoms with Crippen LogP contribution in [0.15, 0.2) is 36.4 Å². The van der Waals surface area contributed by atoms with Crippen LogP contribution in [0.1, 0.15) is 43.0 Å². The molecule has 162 valence electrons. The molecule has 1 heterocycles. The maximum Gasteiger partial charge on any atom is 0.220 e. The molecule has 2 N–H and O–H groups in total. The third kappa shape index (κ3) is 4.70. The maximum atomic E-state index is 12.2. The molecule has 1 unspecified atom stereocenters. The normalized spacial score (nSPS) is 18.8. The van der Waals surface area contributed by atoms with Gasteiger partial charge in [0.15, 0.2) is 11.5 Å². The van der Waals surface area contributed by atoms with Gasteiger partial charge in [-0.05, 0) is 48.9 Å². The fourth-order valence-electron chi connectivity index (χ4n) is 4.38. The summed E-state index contributed by atoms with van der Waals surface area (Å²) < 4.78 is 16.4. The summed E-state index contributed by atoms with van der Waals surface area (Å²) in [4.78, 5) is 13.6. The lowest BCUT2D eigenvalue weighted by Crippen LogP contribution is -3.13. The molecule has 0 aliphatic carbocycles. The van der Waals surface area contributed by atoms with Gasteiger partial charge in [-0.15, -0.1) is 0 Å². The molecular weight excluding hydrogens is 380 g/mol. The van der Waals surface area contributed by atoms with E-state index in [1.165, 1.54) is 21.6 Å². The average Bonchev–Trinajstić information content (AvgIpc) is 2.78. The highest BCUT2D eigenvalue weighted by Gasteiger charge is 2.37. The number of benzene rings is 2. The van der Waals surface area contributed by atoms with E-state index < -0.39 is 0 Å². The van der Waals surface area contributed by atoms with Crippen molar-refractivity contribution in [3.05, 3.63) is 53.1 Å². The first kappa shape index (κ1) is 22.0. The van der Waals surface area contributed by atoms with Crippen LogP contribution in [0.2, 0.25) is 0 Å². The van der Waals surface area contributed by atoms with Crippen LogP contribution in [-0.4, -0.2) is 39.8 Å². The molecule has 0 saturated carbocycles. The lowest BCUT2D eigenvalue weighted by Gasteiger charge is -2.38. The van der Waals surface area contributed by atoms with Crippen molar-refractivity contribution in [1.29, 1.82) is 0 Å². The number of hydrogen-bond donors (Lipinski definition) is 2. The number of hydrogen-bond acceptors (Lipinski definition) is 4. The van der Waals surface area contributed by atoms with Crippen molar-refractivity contribution in [2.45, 2.75) is 45.3 Å². The van der Waals surface area contributed by atoms with E-state index in [1.54, 1.807) is 21.3 Å². The summed E-state index contributed by atoms with van der Waals surface area (Å²) in [6.07, 6.45) is 1.43. The number of amides is 1. The van der Waals surface area contributed by atoms with Crippen molar-refractivity contribution in [2.24, 2.45) is 0 Å². The highest BCUT2D eigenvalue weighted by molar-refractivity contribution is 5.75. The quantitative estimate of drug-likeness (QED) is 0.697. The predicted molar refractivity (Wildman–Crippen MR) is 116 cm³/mol. The van der Waals surface area contributed by atoms with Crippen LogP contribution in [0.25, 0.3) is 0 Å². The molecule has 1 amide bonds. The first-order valence-electron chi connectivity index (χ1n) is 10.5. The monoisotopic (exact) mass is 413 g/mol. The average molecular weight is 414 g/mol. The molecule has 2 aromatic rings. The first-order valence-corrected chi connectivity index (χ1v) is 10.5. The van der Waals surface area contributed by atoms with E-state index in [0.29, 0.717) is 6.42 Å². The van der Waals surface area contributed by atoms with Gasteiger partial charge in [0.05, 0.1) is 33.9 Å². The molecule has 3 atom stereocenters. The summed E-state index contributed by atoms with van der Waals surface area (Å²) >= 11 is 0. The molecule has 6 heteroatoms. The van der Waals surface area contributed by atoms with Crippen LogP contribution >= 0.6 is 0 Å². The Kier molecular flexibility index (Phi) is 7.21. The summed E-state index contributed by atoms with van der Waals surface area (Å²) in [5, 5.41) is 3.19. The number of rotatable bonds is 8. The third-order valence-corrected chi connectivity index (χ3v) is 5.94. The molecule has 0 radical (unpaired) electrons. The highest BCUT2D eigenvalue weighted by atomic mass is 16.5. The van der Waals surface area contributed by atoms with Gasteiger partial charge in [-0.2, -0.15) is 0 Å². The molecule has 0 aromatic heterocycles. The van der Waals surface area contributed by atoms with Crippen molar-refractivity contribution in [3.8, 4) is 17.2 Å². The number of quaternary nitrogens is 1. The molecule has 2 aromatic carbocycles. The minimum atomic E-state index is -0.0113. The summed E-state index contributed by atoms with van der Waals surface area (Å²) in [6.45, 7) is 5.82. The molecule has 6 nitrogen and oxygen atoms in total. The van der Waals surface area contributed by atoms with Gasteiger partial charge in [0.2, 0.25) is 5.91 Å². The summed E-state index contributed by atoms with van der Waals surface area (Å²) in [6, 6.07) is 12.5. The Morgan fingerprint density at radius 2 is 1.77 bits per heavy atom. The molecule has 30 heavy (non-hydrogen) atoms. The number of fused-ring (bicyclic) bond motifs is 1.